The Kier molecular flexibility index (Phi) is 4.94. The van der Waals surface area contributed by atoms with Crippen molar-refractivity contribution in [2.75, 3.05) is 0 Å². The maximum absolute atomic E-state index is 11.4. The van der Waals surface area contributed by atoms with Crippen LogP contribution < -0.4 is 4.74 Å². The fourth-order valence-electron chi connectivity index (χ4n) is 2.09. The summed E-state index contributed by atoms with van der Waals surface area (Å²) < 4.78 is 29.7. The highest BCUT2D eigenvalue weighted by atomic mass is 32.2. The van der Waals surface area contributed by atoms with E-state index >= 15 is 0 Å². The van der Waals surface area contributed by atoms with E-state index in [4.69, 9.17) is 8.85 Å². The van der Waals surface area contributed by atoms with Crippen LogP contribution in [0.1, 0.15) is 21.2 Å². The summed E-state index contributed by atoms with van der Waals surface area (Å²) in [6.07, 6.45) is 0. The summed E-state index contributed by atoms with van der Waals surface area (Å²) in [5, 5.41) is 0. The predicted octanol–water partition coefficient (Wildman–Crippen LogP) is 6.20. The largest absolute Gasteiger partial charge is 0.427 e. The van der Waals surface area contributed by atoms with Crippen molar-refractivity contribution in [3.05, 3.63) is 90.4 Å². The zero-order valence-corrected chi connectivity index (χ0v) is 15.2. The Bertz CT molecular complexity index is 925. The second-order valence-corrected chi connectivity index (χ2v) is 7.74. The molecule has 2 nitrogen and oxygen atoms in total. The van der Waals surface area contributed by atoms with E-state index in [1.807, 2.05) is 60.7 Å². The van der Waals surface area contributed by atoms with Gasteiger partial charge in [-0.1, -0.05) is 48.5 Å². The second-order valence-electron chi connectivity index (χ2n) is 5.09. The second kappa shape index (κ2) is 8.79. The zero-order chi connectivity index (χ0) is 20.1. The fourth-order valence-corrected chi connectivity index (χ4v) is 4.56. The van der Waals surface area contributed by atoms with Crippen LogP contribution in [-0.4, -0.2) is 5.97 Å². The van der Waals surface area contributed by atoms with Crippen LogP contribution >= 0.6 is 23.5 Å². The Labute approximate surface area is 160 Å². The van der Waals surface area contributed by atoms with E-state index in [1.165, 1.54) is 36.5 Å². The van der Waals surface area contributed by atoms with Gasteiger partial charge in [0.05, 0.1) is 8.69 Å². The molecule has 0 unspecified atom stereocenters. The van der Waals surface area contributed by atoms with Gasteiger partial charge >= 0.3 is 5.97 Å². The first kappa shape index (κ1) is 14.0. The number of thioether (sulfide) groups is 2. The lowest BCUT2D eigenvalue weighted by atomic mass is 10.2. The molecule has 0 amide bonds. The molecule has 0 aliphatic rings. The van der Waals surface area contributed by atoms with Crippen molar-refractivity contribution in [2.24, 2.45) is 0 Å². The van der Waals surface area contributed by atoms with Gasteiger partial charge in [-0.2, -0.15) is 0 Å². The van der Waals surface area contributed by atoms with E-state index < -0.39 is 5.97 Å². The van der Waals surface area contributed by atoms with Gasteiger partial charge in [0.1, 0.15) is 5.75 Å². The van der Waals surface area contributed by atoms with Crippen molar-refractivity contribution in [1.29, 1.82) is 0 Å². The number of ether oxygens (including phenoxy) is 1. The van der Waals surface area contributed by atoms with Gasteiger partial charge in [-0.15, -0.1) is 23.5 Å². The quantitative estimate of drug-likeness (QED) is 0.224. The molecule has 4 heteroatoms. The third-order valence-electron chi connectivity index (χ3n) is 3.13. The van der Waals surface area contributed by atoms with Gasteiger partial charge in [0, 0.05) is 16.7 Å². The molecule has 3 aromatic carbocycles. The van der Waals surface area contributed by atoms with Crippen LogP contribution in [0.2, 0.25) is 0 Å². The lowest BCUT2D eigenvalue weighted by Gasteiger charge is -2.17. The first-order valence-electron chi connectivity index (χ1n) is 9.18. The SMILES string of the molecule is [2H]c1cc([2H])c(C(Sc2ccccc2)Sc2ccccc2)c([2H])c1OC(C)=O. The van der Waals surface area contributed by atoms with Crippen LogP contribution in [0.5, 0.6) is 5.75 Å². The van der Waals surface area contributed by atoms with Gasteiger partial charge in [0.2, 0.25) is 0 Å². The average Bonchev–Trinajstić information content (AvgIpc) is 2.66. The van der Waals surface area contributed by atoms with Crippen molar-refractivity contribution in [3.8, 4) is 5.75 Å². The topological polar surface area (TPSA) is 26.3 Å². The summed E-state index contributed by atoms with van der Waals surface area (Å²) in [4.78, 5) is 13.4. The Morgan fingerprint density at radius 2 is 1.48 bits per heavy atom. The van der Waals surface area contributed by atoms with Crippen molar-refractivity contribution in [3.63, 3.8) is 0 Å². The van der Waals surface area contributed by atoms with Gasteiger partial charge in [-0.3, -0.25) is 4.79 Å². The number of hydrogen-bond acceptors (Lipinski definition) is 4. The molecule has 126 valence electrons. The third-order valence-corrected chi connectivity index (χ3v) is 5.70. The van der Waals surface area contributed by atoms with Crippen LogP contribution in [0.25, 0.3) is 0 Å². The molecular formula is C21H18O2S2. The van der Waals surface area contributed by atoms with E-state index in [1.54, 1.807) is 0 Å². The molecule has 0 fully saturated rings. The fraction of sp³-hybridized carbons (Fsp3) is 0.0952. The highest BCUT2D eigenvalue weighted by Gasteiger charge is 2.16. The molecule has 0 saturated heterocycles. The summed E-state index contributed by atoms with van der Waals surface area (Å²) in [5.41, 5.74) is 0.426. The molecule has 25 heavy (non-hydrogen) atoms. The number of carbonyl (C=O) groups is 1. The molecule has 0 saturated carbocycles. The third kappa shape index (κ3) is 5.41. The first-order valence-corrected chi connectivity index (χ1v) is 9.44. The maximum atomic E-state index is 11.4. The summed E-state index contributed by atoms with van der Waals surface area (Å²) in [6, 6.07) is 20.7. The molecule has 0 N–H and O–H groups in total. The Morgan fingerprint density at radius 1 is 0.920 bits per heavy atom. The average molecular weight is 370 g/mol. The van der Waals surface area contributed by atoms with Gasteiger partial charge in [-0.05, 0) is 41.9 Å². The zero-order valence-electron chi connectivity index (χ0n) is 16.6. The Balaban J connectivity index is 2.07. The molecule has 0 bridgehead atoms. The van der Waals surface area contributed by atoms with Gasteiger partial charge in [-0.25, -0.2) is 0 Å². The van der Waals surface area contributed by atoms with Crippen molar-refractivity contribution in [1.82, 2.24) is 0 Å². The lowest BCUT2D eigenvalue weighted by Crippen LogP contribution is -2.02. The highest BCUT2D eigenvalue weighted by molar-refractivity contribution is 8.16. The van der Waals surface area contributed by atoms with E-state index in [2.05, 4.69) is 0 Å². The minimum Gasteiger partial charge on any atom is -0.427 e. The Morgan fingerprint density at radius 3 is 2.00 bits per heavy atom. The monoisotopic (exact) mass is 369 g/mol. The van der Waals surface area contributed by atoms with Crippen molar-refractivity contribution in [2.45, 2.75) is 21.3 Å². The molecule has 3 aromatic rings. The summed E-state index contributed by atoms with van der Waals surface area (Å²) in [7, 11) is 0. The number of carbonyl (C=O) groups excluding carboxylic acids is 1. The molecule has 0 radical (unpaired) electrons. The van der Waals surface area contributed by atoms with Crippen LogP contribution in [0.3, 0.4) is 0 Å². The van der Waals surface area contributed by atoms with Gasteiger partial charge in [0.25, 0.3) is 0 Å². The van der Waals surface area contributed by atoms with Crippen molar-refractivity contribution >= 4 is 29.5 Å². The number of hydrogen-bond donors (Lipinski definition) is 0. The predicted molar refractivity (Wildman–Crippen MR) is 105 cm³/mol. The van der Waals surface area contributed by atoms with Crippen LogP contribution in [-0.2, 0) is 4.79 Å². The van der Waals surface area contributed by atoms with E-state index in [9.17, 15) is 4.79 Å². The van der Waals surface area contributed by atoms with E-state index in [0.29, 0.717) is 5.56 Å². The number of esters is 1. The standard InChI is InChI=1S/C21H18O2S2/c1-16(22)23-18-10-8-9-17(15-18)21(24-19-11-4-2-5-12-19)25-20-13-6-3-7-14-20/h2-15,21H,1H3/i9D,10D,15D. The highest BCUT2D eigenvalue weighted by Crippen LogP contribution is 2.47. The summed E-state index contributed by atoms with van der Waals surface area (Å²) in [5.74, 6) is -0.695. The number of benzene rings is 3. The molecule has 3 rings (SSSR count). The first-order chi connectivity index (χ1) is 13.5. The molecule has 0 aliphatic carbocycles. The van der Waals surface area contributed by atoms with E-state index in [-0.39, 0.29) is 28.5 Å². The van der Waals surface area contributed by atoms with Crippen LogP contribution in [0.15, 0.2) is 94.6 Å². The maximum Gasteiger partial charge on any atom is 0.308 e. The normalized spacial score (nSPS) is 12.3. The van der Waals surface area contributed by atoms with Crippen LogP contribution in [0.4, 0.5) is 0 Å². The van der Waals surface area contributed by atoms with E-state index in [0.717, 1.165) is 9.79 Å². The molecule has 0 atom stereocenters. The molecular weight excluding hydrogens is 348 g/mol. The van der Waals surface area contributed by atoms with Crippen molar-refractivity contribution < 1.29 is 13.6 Å². The molecule has 0 heterocycles. The molecule has 0 aliphatic heterocycles. The summed E-state index contributed by atoms with van der Waals surface area (Å²) in [6.45, 7) is 1.24. The summed E-state index contributed by atoms with van der Waals surface area (Å²) >= 11 is 3.04. The van der Waals surface area contributed by atoms with Gasteiger partial charge in [0.15, 0.2) is 0 Å². The van der Waals surface area contributed by atoms with Gasteiger partial charge < -0.3 is 4.74 Å². The lowest BCUT2D eigenvalue weighted by molar-refractivity contribution is -0.131. The molecule has 0 spiro atoms. The molecule has 0 aromatic heterocycles. The number of rotatable bonds is 6. The minimum absolute atomic E-state index is 0.0859. The Hall–Kier alpha value is -2.17. The minimum atomic E-state index is -0.589. The van der Waals surface area contributed by atoms with Crippen LogP contribution in [0, 0.1) is 0 Å². The smallest absolute Gasteiger partial charge is 0.308 e.